The summed E-state index contributed by atoms with van der Waals surface area (Å²) in [6, 6.07) is -5.13. The van der Waals surface area contributed by atoms with Crippen molar-refractivity contribution in [3.63, 3.8) is 0 Å². The molecule has 18 nitrogen and oxygen atoms in total. The highest BCUT2D eigenvalue weighted by molar-refractivity contribution is 5.95. The van der Waals surface area contributed by atoms with E-state index >= 15 is 0 Å². The second kappa shape index (κ2) is 15.4. The summed E-state index contributed by atoms with van der Waals surface area (Å²) in [6.07, 6.45) is 5.26. The summed E-state index contributed by atoms with van der Waals surface area (Å²) < 4.78 is 0. The molecule has 0 fully saturated rings. The van der Waals surface area contributed by atoms with E-state index in [9.17, 15) is 29.1 Å². The number of aliphatic carboxylic acids is 1. The van der Waals surface area contributed by atoms with Crippen molar-refractivity contribution in [2.24, 2.45) is 27.9 Å². The first-order valence-corrected chi connectivity index (χ1v) is 12.1. The maximum Gasteiger partial charge on any atom is 0.326 e. The molecule has 18 heteroatoms. The van der Waals surface area contributed by atoms with E-state index < -0.39 is 60.2 Å². The summed E-state index contributed by atoms with van der Waals surface area (Å²) >= 11 is 0. The fourth-order valence-corrected chi connectivity index (χ4v) is 3.55. The normalized spacial score (nSPS) is 13.7. The van der Waals surface area contributed by atoms with Gasteiger partial charge in [-0.2, -0.15) is 0 Å². The second-order valence-electron chi connectivity index (χ2n) is 8.81. The Morgan fingerprint density at radius 3 is 1.88 bits per heavy atom. The van der Waals surface area contributed by atoms with Crippen LogP contribution in [0.15, 0.2) is 30.0 Å². The molecule has 4 atom stereocenters. The predicted octanol–water partition coefficient (Wildman–Crippen LogP) is -4.29. The van der Waals surface area contributed by atoms with Gasteiger partial charge in [-0.15, -0.1) is 0 Å². The van der Waals surface area contributed by atoms with E-state index in [1.165, 1.54) is 25.0 Å². The van der Waals surface area contributed by atoms with Gasteiger partial charge in [0.05, 0.1) is 25.1 Å². The van der Waals surface area contributed by atoms with E-state index in [-0.39, 0.29) is 38.2 Å². The van der Waals surface area contributed by atoms with Crippen LogP contribution in [-0.4, -0.2) is 91.3 Å². The number of aromatic amines is 2. The Morgan fingerprint density at radius 2 is 1.38 bits per heavy atom. The number of H-pyrrole nitrogens is 2. The van der Waals surface area contributed by atoms with Gasteiger partial charge in [0.25, 0.3) is 0 Å². The van der Waals surface area contributed by atoms with E-state index in [4.69, 9.17) is 22.9 Å². The molecule has 0 spiro atoms. The SMILES string of the molecule is NC(=O)CC(N)C(=O)NC(CCCN=C(N)N)C(=O)NC(Cc1cnc[nH]1)C(=O)NC(Cc1cnc[nH]1)C(=O)O. The first kappa shape index (κ1) is 31.2. The molecule has 0 aliphatic carbocycles. The molecule has 0 bridgehead atoms. The minimum absolute atomic E-state index is 0.0353. The van der Waals surface area contributed by atoms with Gasteiger partial charge in [-0.05, 0) is 12.8 Å². The molecule has 0 radical (unpaired) electrons. The van der Waals surface area contributed by atoms with E-state index in [0.717, 1.165) is 0 Å². The van der Waals surface area contributed by atoms with E-state index in [0.29, 0.717) is 11.4 Å². The van der Waals surface area contributed by atoms with Gasteiger partial charge >= 0.3 is 5.97 Å². The number of imidazole rings is 2. The smallest absolute Gasteiger partial charge is 0.326 e. The van der Waals surface area contributed by atoms with Crippen LogP contribution in [0.4, 0.5) is 0 Å². The van der Waals surface area contributed by atoms with Gasteiger partial charge in [0.1, 0.15) is 18.1 Å². The second-order valence-corrected chi connectivity index (χ2v) is 8.81. The van der Waals surface area contributed by atoms with Gasteiger partial charge in [-0.3, -0.25) is 24.2 Å². The number of nitrogens with zero attached hydrogens (tertiary/aromatic N) is 3. The number of nitrogens with two attached hydrogens (primary N) is 4. The zero-order valence-corrected chi connectivity index (χ0v) is 21.5. The van der Waals surface area contributed by atoms with Crippen LogP contribution in [0.1, 0.15) is 30.7 Å². The standard InChI is InChI=1S/C22H34N12O6/c23-13(6-17(24)35)18(36)32-14(2-1-3-29-22(25)26)19(37)33-15(4-11-7-27-9-30-11)20(38)34-16(21(39)40)5-12-8-28-10-31-12/h7-10,13-16H,1-6,23H2,(H2,24,35)(H,27,30)(H,28,31)(H,32,36)(H,33,37)(H,34,38)(H,39,40)(H4,25,26,29). The van der Waals surface area contributed by atoms with Crippen molar-refractivity contribution in [1.29, 1.82) is 0 Å². The Kier molecular flexibility index (Phi) is 12.0. The van der Waals surface area contributed by atoms with Crippen molar-refractivity contribution in [3.05, 3.63) is 36.4 Å². The number of rotatable bonds is 17. The number of carbonyl (C=O) groups is 5. The van der Waals surface area contributed by atoms with Gasteiger partial charge < -0.3 is 54.0 Å². The number of aliphatic imine (C=N–C) groups is 1. The number of guanidine groups is 1. The molecule has 14 N–H and O–H groups in total. The van der Waals surface area contributed by atoms with Crippen molar-refractivity contribution in [2.75, 3.05) is 6.54 Å². The van der Waals surface area contributed by atoms with Gasteiger partial charge in [0, 0.05) is 43.2 Å². The topological polar surface area (TPSA) is 315 Å². The Balaban J connectivity index is 2.21. The van der Waals surface area contributed by atoms with Crippen molar-refractivity contribution >= 4 is 35.6 Å². The molecule has 2 aromatic rings. The number of nitrogens with one attached hydrogen (secondary N) is 5. The number of primary amides is 1. The molecule has 40 heavy (non-hydrogen) atoms. The van der Waals surface area contributed by atoms with Gasteiger partial charge in [0.2, 0.25) is 23.6 Å². The Labute approximate surface area is 228 Å². The number of hydrogen-bond donors (Lipinski definition) is 10. The lowest BCUT2D eigenvalue weighted by atomic mass is 10.1. The molecule has 4 unspecified atom stereocenters. The molecule has 0 aliphatic rings. The molecule has 0 saturated heterocycles. The highest BCUT2D eigenvalue weighted by Crippen LogP contribution is 2.06. The molecule has 0 saturated carbocycles. The molecule has 4 amide bonds. The highest BCUT2D eigenvalue weighted by Gasteiger charge is 2.31. The van der Waals surface area contributed by atoms with Crippen LogP contribution in [0.2, 0.25) is 0 Å². The number of amides is 4. The Bertz CT molecular complexity index is 1160. The molecule has 0 aromatic carbocycles. The molecule has 2 heterocycles. The summed E-state index contributed by atoms with van der Waals surface area (Å²) in [5.74, 6) is -4.66. The third-order valence-corrected chi connectivity index (χ3v) is 5.54. The quantitative estimate of drug-likeness (QED) is 0.0499. The minimum Gasteiger partial charge on any atom is -0.480 e. The predicted molar refractivity (Wildman–Crippen MR) is 140 cm³/mol. The summed E-state index contributed by atoms with van der Waals surface area (Å²) in [5, 5.41) is 17.0. The number of carboxylic acid groups (broad SMARTS) is 1. The lowest BCUT2D eigenvalue weighted by molar-refractivity contribution is -0.142. The maximum absolute atomic E-state index is 13.3. The summed E-state index contributed by atoms with van der Waals surface area (Å²) in [7, 11) is 0. The molecule has 2 rings (SSSR count). The van der Waals surface area contributed by atoms with E-state index in [1.807, 2.05) is 0 Å². The third kappa shape index (κ3) is 10.8. The van der Waals surface area contributed by atoms with E-state index in [1.54, 1.807) is 0 Å². The van der Waals surface area contributed by atoms with Gasteiger partial charge in [-0.25, -0.2) is 14.8 Å². The summed E-state index contributed by atoms with van der Waals surface area (Å²) in [4.78, 5) is 79.1. The largest absolute Gasteiger partial charge is 0.480 e. The molecular formula is C22H34N12O6. The van der Waals surface area contributed by atoms with E-state index in [2.05, 4.69) is 40.9 Å². The third-order valence-electron chi connectivity index (χ3n) is 5.54. The zero-order valence-electron chi connectivity index (χ0n) is 21.5. The number of carbonyl (C=O) groups excluding carboxylic acids is 4. The molecule has 218 valence electrons. The van der Waals surface area contributed by atoms with Crippen molar-refractivity contribution in [1.82, 2.24) is 35.9 Å². The average molecular weight is 563 g/mol. The lowest BCUT2D eigenvalue weighted by Crippen LogP contribution is -2.58. The van der Waals surface area contributed by atoms with Crippen molar-refractivity contribution < 1.29 is 29.1 Å². The van der Waals surface area contributed by atoms with Crippen LogP contribution in [0.25, 0.3) is 0 Å². The fourth-order valence-electron chi connectivity index (χ4n) is 3.55. The first-order chi connectivity index (χ1) is 19.0. The average Bonchev–Trinajstić information content (AvgIpc) is 3.58. The fraction of sp³-hybridized carbons (Fsp3) is 0.455. The van der Waals surface area contributed by atoms with Gasteiger partial charge in [-0.1, -0.05) is 0 Å². The maximum atomic E-state index is 13.3. The first-order valence-electron chi connectivity index (χ1n) is 12.1. The van der Waals surface area contributed by atoms with Crippen LogP contribution in [-0.2, 0) is 36.8 Å². The van der Waals surface area contributed by atoms with Crippen molar-refractivity contribution in [2.45, 2.75) is 56.3 Å². The van der Waals surface area contributed by atoms with Gasteiger partial charge in [0.15, 0.2) is 5.96 Å². The van der Waals surface area contributed by atoms with Crippen LogP contribution in [0.3, 0.4) is 0 Å². The van der Waals surface area contributed by atoms with Crippen molar-refractivity contribution in [3.8, 4) is 0 Å². The van der Waals surface area contributed by atoms with Crippen LogP contribution >= 0.6 is 0 Å². The molecule has 0 aliphatic heterocycles. The molecule has 2 aromatic heterocycles. The minimum atomic E-state index is -1.34. The van der Waals surface area contributed by atoms with Crippen LogP contribution in [0, 0.1) is 0 Å². The van der Waals surface area contributed by atoms with Crippen LogP contribution in [0.5, 0.6) is 0 Å². The monoisotopic (exact) mass is 562 g/mol. The summed E-state index contributed by atoms with van der Waals surface area (Å²) in [6.45, 7) is 0.140. The highest BCUT2D eigenvalue weighted by atomic mass is 16.4. The zero-order chi connectivity index (χ0) is 29.7. The Hall–Kier alpha value is -5.00. The number of hydrogen-bond acceptors (Lipinski definition) is 9. The number of aromatic nitrogens is 4. The summed E-state index contributed by atoms with van der Waals surface area (Å²) in [5.41, 5.74) is 22.4. The Morgan fingerprint density at radius 1 is 0.850 bits per heavy atom. The van der Waals surface area contributed by atoms with Crippen LogP contribution < -0.4 is 38.9 Å². The lowest BCUT2D eigenvalue weighted by Gasteiger charge is -2.25. The number of carboxylic acids is 1. The molecular weight excluding hydrogens is 528 g/mol.